The van der Waals surface area contributed by atoms with Crippen molar-refractivity contribution < 1.29 is 4.74 Å². The Kier molecular flexibility index (Phi) is 3.09. The molecule has 3 heteroatoms. The summed E-state index contributed by atoms with van der Waals surface area (Å²) >= 11 is 0. The minimum atomic E-state index is 0.767. The zero-order chi connectivity index (χ0) is 12.4. The lowest BCUT2D eigenvalue weighted by atomic mass is 10.1. The number of hydrogen-bond donors (Lipinski definition) is 1. The van der Waals surface area contributed by atoms with Crippen molar-refractivity contribution in [1.82, 2.24) is 4.57 Å². The van der Waals surface area contributed by atoms with Crippen molar-refractivity contribution in [2.75, 3.05) is 12.8 Å². The van der Waals surface area contributed by atoms with Gasteiger partial charge in [-0.15, -0.1) is 0 Å². The van der Waals surface area contributed by atoms with Gasteiger partial charge in [-0.3, -0.25) is 0 Å². The van der Waals surface area contributed by atoms with Crippen LogP contribution in [-0.4, -0.2) is 11.7 Å². The van der Waals surface area contributed by atoms with Crippen molar-refractivity contribution in [2.45, 2.75) is 20.4 Å². The molecule has 0 bridgehead atoms. The molecule has 3 nitrogen and oxygen atoms in total. The Labute approximate surface area is 102 Å². The van der Waals surface area contributed by atoms with Crippen molar-refractivity contribution in [2.24, 2.45) is 0 Å². The Balaban J connectivity index is 2.38. The standard InChI is InChI=1S/C14H18N2O/c1-10-4-5-11(2)16(10)9-12-8-13(15)6-7-14(12)17-3/h4-8H,9,15H2,1-3H3. The van der Waals surface area contributed by atoms with Crippen LogP contribution in [0, 0.1) is 13.8 Å². The molecule has 0 saturated carbocycles. The van der Waals surface area contributed by atoms with Gasteiger partial charge < -0.3 is 15.0 Å². The SMILES string of the molecule is COc1ccc(N)cc1Cn1c(C)ccc1C. The van der Waals surface area contributed by atoms with Crippen LogP contribution in [0.3, 0.4) is 0 Å². The molecule has 0 saturated heterocycles. The normalized spacial score (nSPS) is 10.5. The van der Waals surface area contributed by atoms with Crippen molar-refractivity contribution in [3.8, 4) is 5.75 Å². The summed E-state index contributed by atoms with van der Waals surface area (Å²) in [5.74, 6) is 0.881. The smallest absolute Gasteiger partial charge is 0.124 e. The van der Waals surface area contributed by atoms with Gasteiger partial charge in [0, 0.05) is 22.6 Å². The van der Waals surface area contributed by atoms with Gasteiger partial charge in [0.05, 0.1) is 13.7 Å². The number of nitrogens with two attached hydrogens (primary N) is 1. The lowest BCUT2D eigenvalue weighted by molar-refractivity contribution is 0.408. The molecule has 1 aromatic carbocycles. The highest BCUT2D eigenvalue weighted by molar-refractivity contribution is 5.48. The Morgan fingerprint density at radius 3 is 2.35 bits per heavy atom. The van der Waals surface area contributed by atoms with E-state index in [0.717, 1.165) is 23.5 Å². The van der Waals surface area contributed by atoms with Crippen LogP contribution in [0.1, 0.15) is 17.0 Å². The van der Waals surface area contributed by atoms with E-state index in [9.17, 15) is 0 Å². The molecular weight excluding hydrogens is 212 g/mol. The first-order valence-corrected chi connectivity index (χ1v) is 5.67. The van der Waals surface area contributed by atoms with E-state index in [2.05, 4.69) is 30.5 Å². The predicted octanol–water partition coefficient (Wildman–Crippen LogP) is 2.74. The van der Waals surface area contributed by atoms with Crippen molar-refractivity contribution in [1.29, 1.82) is 0 Å². The maximum Gasteiger partial charge on any atom is 0.124 e. The van der Waals surface area contributed by atoms with E-state index < -0.39 is 0 Å². The van der Waals surface area contributed by atoms with E-state index >= 15 is 0 Å². The fourth-order valence-electron chi connectivity index (χ4n) is 2.04. The molecule has 2 N–H and O–H groups in total. The molecule has 0 aliphatic carbocycles. The van der Waals surface area contributed by atoms with E-state index in [1.807, 2.05) is 18.2 Å². The molecule has 0 unspecified atom stereocenters. The molecule has 0 atom stereocenters. The summed E-state index contributed by atoms with van der Waals surface area (Å²) < 4.78 is 7.61. The van der Waals surface area contributed by atoms with Crippen molar-refractivity contribution >= 4 is 5.69 Å². The van der Waals surface area contributed by atoms with Crippen molar-refractivity contribution in [3.63, 3.8) is 0 Å². The summed E-state index contributed by atoms with van der Waals surface area (Å²) in [6, 6.07) is 9.98. The number of aryl methyl sites for hydroxylation is 2. The minimum absolute atomic E-state index is 0.767. The highest BCUT2D eigenvalue weighted by atomic mass is 16.5. The lowest BCUT2D eigenvalue weighted by Gasteiger charge is -2.13. The first-order valence-electron chi connectivity index (χ1n) is 5.67. The van der Waals surface area contributed by atoms with E-state index in [1.54, 1.807) is 7.11 Å². The Morgan fingerprint density at radius 2 is 1.76 bits per heavy atom. The molecule has 90 valence electrons. The first kappa shape index (κ1) is 11.6. The summed E-state index contributed by atoms with van der Waals surface area (Å²) in [6.45, 7) is 5.00. The van der Waals surface area contributed by atoms with Gasteiger partial charge in [0.15, 0.2) is 0 Å². The van der Waals surface area contributed by atoms with Gasteiger partial charge in [-0.2, -0.15) is 0 Å². The van der Waals surface area contributed by atoms with Gasteiger partial charge in [-0.05, 0) is 44.2 Å². The van der Waals surface area contributed by atoms with Crippen LogP contribution in [0.2, 0.25) is 0 Å². The molecule has 1 aromatic heterocycles. The second-order valence-electron chi connectivity index (χ2n) is 4.27. The summed E-state index contributed by atoms with van der Waals surface area (Å²) in [6.07, 6.45) is 0. The molecule has 2 rings (SSSR count). The van der Waals surface area contributed by atoms with Crippen LogP contribution in [0.25, 0.3) is 0 Å². The molecular formula is C14H18N2O. The number of anilines is 1. The second-order valence-corrected chi connectivity index (χ2v) is 4.27. The third-order valence-electron chi connectivity index (χ3n) is 3.05. The van der Waals surface area contributed by atoms with E-state index in [-0.39, 0.29) is 0 Å². The monoisotopic (exact) mass is 230 g/mol. The topological polar surface area (TPSA) is 40.2 Å². The number of aromatic nitrogens is 1. The highest BCUT2D eigenvalue weighted by Crippen LogP contribution is 2.23. The molecule has 0 aliphatic rings. The van der Waals surface area contributed by atoms with Gasteiger partial charge in [-0.25, -0.2) is 0 Å². The van der Waals surface area contributed by atoms with Crippen LogP contribution < -0.4 is 10.5 Å². The number of hydrogen-bond acceptors (Lipinski definition) is 2. The van der Waals surface area contributed by atoms with Gasteiger partial charge >= 0.3 is 0 Å². The third-order valence-corrected chi connectivity index (χ3v) is 3.05. The molecule has 2 aromatic rings. The zero-order valence-electron chi connectivity index (χ0n) is 10.5. The largest absolute Gasteiger partial charge is 0.496 e. The Morgan fingerprint density at radius 1 is 1.12 bits per heavy atom. The average molecular weight is 230 g/mol. The lowest BCUT2D eigenvalue weighted by Crippen LogP contribution is -2.05. The number of methoxy groups -OCH3 is 1. The van der Waals surface area contributed by atoms with Gasteiger partial charge in [-0.1, -0.05) is 0 Å². The molecule has 0 aliphatic heterocycles. The fraction of sp³-hybridized carbons (Fsp3) is 0.286. The van der Waals surface area contributed by atoms with Crippen LogP contribution >= 0.6 is 0 Å². The van der Waals surface area contributed by atoms with E-state index in [4.69, 9.17) is 10.5 Å². The van der Waals surface area contributed by atoms with E-state index in [1.165, 1.54) is 11.4 Å². The molecule has 0 fully saturated rings. The molecule has 0 spiro atoms. The summed E-state index contributed by atoms with van der Waals surface area (Å²) in [7, 11) is 1.68. The molecule has 1 heterocycles. The van der Waals surface area contributed by atoms with Gasteiger partial charge in [0.2, 0.25) is 0 Å². The minimum Gasteiger partial charge on any atom is -0.496 e. The Hall–Kier alpha value is -1.90. The molecule has 0 radical (unpaired) electrons. The van der Waals surface area contributed by atoms with Crippen LogP contribution in [0.4, 0.5) is 5.69 Å². The molecule has 17 heavy (non-hydrogen) atoms. The zero-order valence-corrected chi connectivity index (χ0v) is 10.5. The van der Waals surface area contributed by atoms with Crippen molar-refractivity contribution in [3.05, 3.63) is 47.3 Å². The predicted molar refractivity (Wildman–Crippen MR) is 70.4 cm³/mol. The summed E-state index contributed by atoms with van der Waals surface area (Å²) in [5, 5.41) is 0. The number of nitrogens with zero attached hydrogens (tertiary/aromatic N) is 1. The number of rotatable bonds is 3. The Bertz CT molecular complexity index is 510. The first-order chi connectivity index (χ1) is 8.11. The van der Waals surface area contributed by atoms with E-state index in [0.29, 0.717) is 0 Å². The summed E-state index contributed by atoms with van der Waals surface area (Å²) in [5.41, 5.74) is 10.2. The van der Waals surface area contributed by atoms with Crippen LogP contribution in [-0.2, 0) is 6.54 Å². The number of ether oxygens (including phenoxy) is 1. The number of nitrogen functional groups attached to an aromatic ring is 1. The highest BCUT2D eigenvalue weighted by Gasteiger charge is 2.07. The van der Waals surface area contributed by atoms with Crippen LogP contribution in [0.5, 0.6) is 5.75 Å². The third kappa shape index (κ3) is 2.28. The maximum absolute atomic E-state index is 5.82. The quantitative estimate of drug-likeness (QED) is 0.824. The average Bonchev–Trinajstić information content (AvgIpc) is 2.61. The molecule has 0 amide bonds. The number of benzene rings is 1. The van der Waals surface area contributed by atoms with Gasteiger partial charge in [0.1, 0.15) is 5.75 Å². The van der Waals surface area contributed by atoms with Gasteiger partial charge in [0.25, 0.3) is 0 Å². The van der Waals surface area contributed by atoms with Crippen LogP contribution in [0.15, 0.2) is 30.3 Å². The maximum atomic E-state index is 5.82. The fourth-order valence-corrected chi connectivity index (χ4v) is 2.04. The summed E-state index contributed by atoms with van der Waals surface area (Å²) in [4.78, 5) is 0. The second kappa shape index (κ2) is 4.53.